The van der Waals surface area contributed by atoms with Crippen LogP contribution in [0.25, 0.3) is 10.1 Å². The van der Waals surface area contributed by atoms with Gasteiger partial charge in [0.15, 0.2) is 5.78 Å². The first kappa shape index (κ1) is 11.0. The monoisotopic (exact) mass is 234 g/mol. The number of ketones is 1. The third kappa shape index (κ3) is 2.19. The number of carbonyl (C=O) groups excluding carboxylic acids is 1. The van der Waals surface area contributed by atoms with E-state index in [2.05, 4.69) is 0 Å². The predicted molar refractivity (Wildman–Crippen MR) is 65.5 cm³/mol. The van der Waals surface area contributed by atoms with Crippen LogP contribution in [-0.2, 0) is 0 Å². The molecule has 2 aromatic rings. The van der Waals surface area contributed by atoms with Gasteiger partial charge in [0.1, 0.15) is 5.82 Å². The smallest absolute Gasteiger partial charge is 0.195 e. The van der Waals surface area contributed by atoms with Crippen LogP contribution in [0.15, 0.2) is 35.9 Å². The van der Waals surface area contributed by atoms with Gasteiger partial charge < -0.3 is 0 Å². The topological polar surface area (TPSA) is 17.1 Å². The molecule has 0 amide bonds. The molecule has 0 saturated heterocycles. The lowest BCUT2D eigenvalue weighted by molar-refractivity contribution is 0.105. The van der Waals surface area contributed by atoms with Crippen molar-refractivity contribution < 1.29 is 9.18 Å². The van der Waals surface area contributed by atoms with Crippen molar-refractivity contribution in [1.29, 1.82) is 0 Å². The number of rotatable bonds is 2. The molecule has 0 bridgehead atoms. The number of allylic oxidation sites excluding steroid dienone is 2. The van der Waals surface area contributed by atoms with E-state index in [0.717, 1.165) is 15.7 Å². The Bertz CT molecular complexity index is 577. The first-order chi connectivity index (χ1) is 7.56. The van der Waals surface area contributed by atoms with Gasteiger partial charge in [-0.3, -0.25) is 4.79 Å². The normalized spacial score (nSPS) is 10.4. The second-order valence-electron chi connectivity index (χ2n) is 3.88. The van der Waals surface area contributed by atoms with E-state index in [1.807, 2.05) is 13.8 Å². The van der Waals surface area contributed by atoms with E-state index >= 15 is 0 Å². The van der Waals surface area contributed by atoms with Gasteiger partial charge in [-0.25, -0.2) is 4.39 Å². The first-order valence-corrected chi connectivity index (χ1v) is 5.76. The maximum atomic E-state index is 13.0. The van der Waals surface area contributed by atoms with Crippen LogP contribution < -0.4 is 0 Å². The summed E-state index contributed by atoms with van der Waals surface area (Å²) in [6.45, 7) is 3.76. The van der Waals surface area contributed by atoms with Gasteiger partial charge >= 0.3 is 0 Å². The number of thiophene rings is 1. The fourth-order valence-corrected chi connectivity index (χ4v) is 2.42. The second-order valence-corrected chi connectivity index (χ2v) is 4.96. The quantitative estimate of drug-likeness (QED) is 0.562. The van der Waals surface area contributed by atoms with Crippen LogP contribution in [0.5, 0.6) is 0 Å². The summed E-state index contributed by atoms with van der Waals surface area (Å²) in [4.78, 5) is 12.4. The summed E-state index contributed by atoms with van der Waals surface area (Å²) in [5, 5.41) is 0.788. The molecule has 0 aliphatic carbocycles. The molecule has 0 saturated carbocycles. The summed E-state index contributed by atoms with van der Waals surface area (Å²) in [5.41, 5.74) is 0.966. The average Bonchev–Trinajstić information content (AvgIpc) is 2.59. The van der Waals surface area contributed by atoms with E-state index in [0.29, 0.717) is 4.88 Å². The zero-order valence-electron chi connectivity index (χ0n) is 9.08. The Morgan fingerprint density at radius 2 is 2.06 bits per heavy atom. The van der Waals surface area contributed by atoms with Crippen molar-refractivity contribution in [2.75, 3.05) is 0 Å². The van der Waals surface area contributed by atoms with Crippen molar-refractivity contribution in [2.45, 2.75) is 13.8 Å². The molecule has 0 unspecified atom stereocenters. The third-order valence-electron chi connectivity index (χ3n) is 2.14. The van der Waals surface area contributed by atoms with Gasteiger partial charge in [0, 0.05) is 4.70 Å². The average molecular weight is 234 g/mol. The fraction of sp³-hybridized carbons (Fsp3) is 0.154. The van der Waals surface area contributed by atoms with Crippen LogP contribution in [-0.4, -0.2) is 5.78 Å². The molecule has 1 nitrogen and oxygen atoms in total. The van der Waals surface area contributed by atoms with E-state index in [1.54, 1.807) is 18.2 Å². The summed E-state index contributed by atoms with van der Waals surface area (Å²) < 4.78 is 13.9. The number of benzene rings is 1. The van der Waals surface area contributed by atoms with Crippen molar-refractivity contribution in [3.05, 3.63) is 46.6 Å². The minimum Gasteiger partial charge on any atom is -0.288 e. The molecule has 0 atom stereocenters. The van der Waals surface area contributed by atoms with Crippen LogP contribution >= 0.6 is 11.3 Å². The molecular weight excluding hydrogens is 223 g/mol. The van der Waals surface area contributed by atoms with Crippen molar-refractivity contribution in [1.82, 2.24) is 0 Å². The standard InChI is InChI=1S/C13H11FOS/c1-8(2)5-11(15)13-7-9-6-10(14)3-4-12(9)16-13/h3-7H,1-2H3. The summed E-state index contributed by atoms with van der Waals surface area (Å²) in [6.07, 6.45) is 1.60. The van der Waals surface area contributed by atoms with Crippen molar-refractivity contribution in [2.24, 2.45) is 0 Å². The van der Waals surface area contributed by atoms with Gasteiger partial charge in [-0.05, 0) is 49.6 Å². The highest BCUT2D eigenvalue weighted by Gasteiger charge is 2.08. The van der Waals surface area contributed by atoms with Crippen LogP contribution in [0, 0.1) is 5.82 Å². The lowest BCUT2D eigenvalue weighted by Gasteiger charge is -1.89. The van der Waals surface area contributed by atoms with Crippen molar-refractivity contribution in [3.8, 4) is 0 Å². The molecule has 82 valence electrons. The minimum absolute atomic E-state index is 0.0124. The Morgan fingerprint density at radius 1 is 1.31 bits per heavy atom. The number of fused-ring (bicyclic) bond motifs is 1. The Morgan fingerprint density at radius 3 is 2.75 bits per heavy atom. The number of hydrogen-bond donors (Lipinski definition) is 0. The molecular formula is C13H11FOS. The third-order valence-corrected chi connectivity index (χ3v) is 3.27. The summed E-state index contributed by atoms with van der Waals surface area (Å²) in [6, 6.07) is 6.30. The molecule has 0 spiro atoms. The summed E-state index contributed by atoms with van der Waals surface area (Å²) in [5.74, 6) is -0.284. The van der Waals surface area contributed by atoms with Crippen LogP contribution in [0.2, 0.25) is 0 Å². The largest absolute Gasteiger partial charge is 0.288 e. The van der Waals surface area contributed by atoms with Gasteiger partial charge in [0.2, 0.25) is 0 Å². The van der Waals surface area contributed by atoms with Crippen LogP contribution in [0.3, 0.4) is 0 Å². The molecule has 0 radical (unpaired) electrons. The maximum absolute atomic E-state index is 13.0. The van der Waals surface area contributed by atoms with Crippen molar-refractivity contribution in [3.63, 3.8) is 0 Å². The molecule has 0 fully saturated rings. The molecule has 1 aromatic carbocycles. The SMILES string of the molecule is CC(C)=CC(=O)c1cc2cc(F)ccc2s1. The lowest BCUT2D eigenvalue weighted by Crippen LogP contribution is -1.89. The Labute approximate surface area is 97.2 Å². The van der Waals surface area contributed by atoms with E-state index < -0.39 is 0 Å². The molecule has 0 aliphatic heterocycles. The maximum Gasteiger partial charge on any atom is 0.195 e. The van der Waals surface area contributed by atoms with E-state index in [9.17, 15) is 9.18 Å². The van der Waals surface area contributed by atoms with E-state index in [-0.39, 0.29) is 11.6 Å². The molecule has 3 heteroatoms. The van der Waals surface area contributed by atoms with Gasteiger partial charge in [-0.2, -0.15) is 0 Å². The Hall–Kier alpha value is -1.48. The zero-order valence-corrected chi connectivity index (χ0v) is 9.90. The molecule has 16 heavy (non-hydrogen) atoms. The van der Waals surface area contributed by atoms with Gasteiger partial charge in [0.05, 0.1) is 4.88 Å². The van der Waals surface area contributed by atoms with Gasteiger partial charge in [0.25, 0.3) is 0 Å². The van der Waals surface area contributed by atoms with Crippen LogP contribution in [0.4, 0.5) is 4.39 Å². The summed E-state index contributed by atoms with van der Waals surface area (Å²) in [7, 11) is 0. The number of carbonyl (C=O) groups is 1. The zero-order chi connectivity index (χ0) is 11.7. The first-order valence-electron chi connectivity index (χ1n) is 4.94. The van der Waals surface area contributed by atoms with E-state index in [4.69, 9.17) is 0 Å². The molecule has 0 N–H and O–H groups in total. The fourth-order valence-electron chi connectivity index (χ4n) is 1.47. The van der Waals surface area contributed by atoms with Gasteiger partial charge in [-0.15, -0.1) is 11.3 Å². The van der Waals surface area contributed by atoms with Crippen LogP contribution in [0.1, 0.15) is 23.5 Å². The number of halogens is 1. The van der Waals surface area contributed by atoms with Gasteiger partial charge in [-0.1, -0.05) is 5.57 Å². The molecule has 2 rings (SSSR count). The Kier molecular flexibility index (Phi) is 2.88. The highest BCUT2D eigenvalue weighted by atomic mass is 32.1. The van der Waals surface area contributed by atoms with E-state index in [1.165, 1.54) is 23.5 Å². The lowest BCUT2D eigenvalue weighted by atomic mass is 10.2. The highest BCUT2D eigenvalue weighted by molar-refractivity contribution is 7.21. The second kappa shape index (κ2) is 4.18. The highest BCUT2D eigenvalue weighted by Crippen LogP contribution is 2.26. The number of hydrogen-bond acceptors (Lipinski definition) is 2. The minimum atomic E-state index is -0.272. The molecule has 0 aliphatic rings. The Balaban J connectivity index is 2.47. The molecule has 1 aromatic heterocycles. The van der Waals surface area contributed by atoms with Crippen molar-refractivity contribution >= 4 is 27.2 Å². The molecule has 1 heterocycles. The predicted octanol–water partition coefficient (Wildman–Crippen LogP) is 4.19. The summed E-state index contributed by atoms with van der Waals surface area (Å²) >= 11 is 1.40.